The average molecular weight is 327 g/mol. The van der Waals surface area contributed by atoms with E-state index in [1.54, 1.807) is 19.1 Å². The number of esters is 1. The second-order valence-corrected chi connectivity index (χ2v) is 5.24. The maximum absolute atomic E-state index is 11.6. The van der Waals surface area contributed by atoms with Gasteiger partial charge in [-0.25, -0.2) is 4.79 Å². The van der Waals surface area contributed by atoms with Crippen LogP contribution in [0.15, 0.2) is 24.3 Å². The zero-order chi connectivity index (χ0) is 17.0. The van der Waals surface area contributed by atoms with Crippen LogP contribution in [0, 0.1) is 0 Å². The summed E-state index contributed by atoms with van der Waals surface area (Å²) in [6.07, 6.45) is -3.78. The number of benzene rings is 1. The Balaban J connectivity index is 2.15. The van der Waals surface area contributed by atoms with Gasteiger partial charge < -0.3 is 35.2 Å². The number of nitrogens with one attached hydrogen (secondary N) is 1. The Hall–Kier alpha value is -1.71. The van der Waals surface area contributed by atoms with E-state index in [4.69, 9.17) is 14.6 Å². The summed E-state index contributed by atoms with van der Waals surface area (Å²) in [5, 5.41) is 41.4. The van der Waals surface area contributed by atoms with Gasteiger partial charge in [-0.1, -0.05) is 0 Å². The number of hydrogen-bond donors (Lipinski definition) is 5. The van der Waals surface area contributed by atoms with Crippen molar-refractivity contribution in [1.82, 2.24) is 0 Å². The Bertz CT molecular complexity index is 535. The Morgan fingerprint density at radius 1 is 1.30 bits per heavy atom. The number of anilines is 1. The minimum absolute atomic E-state index is 0.271. The third-order valence-corrected chi connectivity index (χ3v) is 3.71. The smallest absolute Gasteiger partial charge is 0.338 e. The van der Waals surface area contributed by atoms with Gasteiger partial charge in [-0.15, -0.1) is 0 Å². The third-order valence-electron chi connectivity index (χ3n) is 3.71. The van der Waals surface area contributed by atoms with Gasteiger partial charge in [0.15, 0.2) is 5.72 Å². The first kappa shape index (κ1) is 17.6. The van der Waals surface area contributed by atoms with Gasteiger partial charge in [0.25, 0.3) is 0 Å². The lowest BCUT2D eigenvalue weighted by molar-refractivity contribution is -0.0999. The summed E-state index contributed by atoms with van der Waals surface area (Å²) in [5.41, 5.74) is -0.827. The largest absolute Gasteiger partial charge is 0.462 e. The summed E-state index contributed by atoms with van der Waals surface area (Å²) in [6.45, 7) is 0.859. The van der Waals surface area contributed by atoms with Crippen LogP contribution in [-0.4, -0.2) is 70.3 Å². The monoisotopic (exact) mass is 327 g/mol. The van der Waals surface area contributed by atoms with Gasteiger partial charge in [0.2, 0.25) is 0 Å². The zero-order valence-corrected chi connectivity index (χ0v) is 12.7. The lowest BCUT2D eigenvalue weighted by Crippen LogP contribution is -2.52. The van der Waals surface area contributed by atoms with Crippen LogP contribution in [-0.2, 0) is 9.47 Å². The van der Waals surface area contributed by atoms with Gasteiger partial charge in [0, 0.05) is 5.69 Å². The molecule has 1 fully saturated rings. The highest BCUT2D eigenvalue weighted by atomic mass is 16.6. The van der Waals surface area contributed by atoms with Crippen molar-refractivity contribution >= 4 is 11.7 Å². The van der Waals surface area contributed by atoms with Crippen LogP contribution in [0.3, 0.4) is 0 Å². The molecule has 2 rings (SSSR count). The highest BCUT2D eigenvalue weighted by Crippen LogP contribution is 2.32. The van der Waals surface area contributed by atoms with Crippen LogP contribution in [0.5, 0.6) is 0 Å². The number of aliphatic hydroxyl groups excluding tert-OH is 4. The molecule has 0 spiro atoms. The van der Waals surface area contributed by atoms with Crippen molar-refractivity contribution in [2.45, 2.75) is 31.0 Å². The van der Waals surface area contributed by atoms with E-state index in [1.165, 1.54) is 12.1 Å². The summed E-state index contributed by atoms with van der Waals surface area (Å²) in [4.78, 5) is 11.6. The van der Waals surface area contributed by atoms with Crippen LogP contribution in [0.2, 0.25) is 0 Å². The number of carbonyl (C=O) groups is 1. The molecule has 0 bridgehead atoms. The summed E-state index contributed by atoms with van der Waals surface area (Å²) in [6, 6.07) is 6.15. The Labute approximate surface area is 133 Å². The van der Waals surface area contributed by atoms with Crippen molar-refractivity contribution in [2.24, 2.45) is 0 Å². The molecule has 0 saturated carbocycles. The predicted octanol–water partition coefficient (Wildman–Crippen LogP) is -0.923. The van der Waals surface area contributed by atoms with Crippen LogP contribution in [0.25, 0.3) is 0 Å². The molecule has 5 N–H and O–H groups in total. The molecule has 1 heterocycles. The number of hydrogen-bond acceptors (Lipinski definition) is 8. The van der Waals surface area contributed by atoms with E-state index in [0.717, 1.165) is 0 Å². The highest BCUT2D eigenvalue weighted by molar-refractivity contribution is 5.89. The summed E-state index contributed by atoms with van der Waals surface area (Å²) in [5.74, 6) is -0.455. The Morgan fingerprint density at radius 2 is 1.96 bits per heavy atom. The van der Waals surface area contributed by atoms with E-state index in [1.807, 2.05) is 0 Å². The lowest BCUT2D eigenvalue weighted by Gasteiger charge is -2.32. The third kappa shape index (κ3) is 3.46. The van der Waals surface area contributed by atoms with Crippen molar-refractivity contribution in [3.05, 3.63) is 29.8 Å². The van der Waals surface area contributed by atoms with Crippen LogP contribution < -0.4 is 5.32 Å². The molecule has 0 aliphatic carbocycles. The molecular weight excluding hydrogens is 306 g/mol. The van der Waals surface area contributed by atoms with E-state index in [0.29, 0.717) is 11.3 Å². The van der Waals surface area contributed by atoms with Gasteiger partial charge in [0.05, 0.1) is 25.4 Å². The minimum atomic E-state index is -1.64. The van der Waals surface area contributed by atoms with E-state index in [9.17, 15) is 20.1 Å². The molecule has 8 nitrogen and oxygen atoms in total. The molecule has 1 unspecified atom stereocenters. The molecule has 1 aliphatic heterocycles. The van der Waals surface area contributed by atoms with Crippen molar-refractivity contribution in [1.29, 1.82) is 0 Å². The van der Waals surface area contributed by atoms with E-state index < -0.39 is 43.2 Å². The molecule has 0 radical (unpaired) electrons. The molecule has 4 atom stereocenters. The maximum Gasteiger partial charge on any atom is 0.338 e. The van der Waals surface area contributed by atoms with Gasteiger partial charge in [0.1, 0.15) is 18.3 Å². The molecule has 8 heteroatoms. The van der Waals surface area contributed by atoms with Gasteiger partial charge in [-0.3, -0.25) is 0 Å². The first-order valence-corrected chi connectivity index (χ1v) is 7.28. The topological polar surface area (TPSA) is 128 Å². The molecule has 1 saturated heterocycles. The summed E-state index contributed by atoms with van der Waals surface area (Å²) >= 11 is 0. The minimum Gasteiger partial charge on any atom is -0.462 e. The average Bonchev–Trinajstić information content (AvgIpc) is 2.81. The Kier molecular flexibility index (Phi) is 5.55. The summed E-state index contributed by atoms with van der Waals surface area (Å²) in [7, 11) is 0. The second kappa shape index (κ2) is 7.24. The summed E-state index contributed by atoms with van der Waals surface area (Å²) < 4.78 is 10.3. The number of ether oxygens (including phenoxy) is 2. The predicted molar refractivity (Wildman–Crippen MR) is 79.8 cm³/mol. The van der Waals surface area contributed by atoms with Crippen LogP contribution in [0.1, 0.15) is 17.3 Å². The lowest BCUT2D eigenvalue weighted by atomic mass is 10.0. The fourth-order valence-corrected chi connectivity index (χ4v) is 2.46. The van der Waals surface area contributed by atoms with E-state index in [2.05, 4.69) is 5.32 Å². The van der Waals surface area contributed by atoms with Crippen molar-refractivity contribution < 1.29 is 34.7 Å². The van der Waals surface area contributed by atoms with Crippen molar-refractivity contribution in [3.63, 3.8) is 0 Å². The first-order chi connectivity index (χ1) is 11.0. The molecule has 1 aromatic rings. The fourth-order valence-electron chi connectivity index (χ4n) is 2.46. The molecule has 1 aliphatic rings. The van der Waals surface area contributed by atoms with Crippen molar-refractivity contribution in [2.75, 3.05) is 25.1 Å². The number of rotatable bonds is 6. The maximum atomic E-state index is 11.6. The van der Waals surface area contributed by atoms with E-state index in [-0.39, 0.29) is 6.61 Å². The molecule has 0 aromatic heterocycles. The molecule has 0 amide bonds. The normalized spacial score (nSPS) is 30.2. The fraction of sp³-hybridized carbons (Fsp3) is 0.533. The van der Waals surface area contributed by atoms with Gasteiger partial charge in [-0.2, -0.15) is 0 Å². The van der Waals surface area contributed by atoms with Crippen molar-refractivity contribution in [3.8, 4) is 0 Å². The first-order valence-electron chi connectivity index (χ1n) is 7.28. The van der Waals surface area contributed by atoms with Crippen LogP contribution in [0.4, 0.5) is 5.69 Å². The Morgan fingerprint density at radius 3 is 2.43 bits per heavy atom. The molecular formula is C15H21NO7. The molecule has 23 heavy (non-hydrogen) atoms. The SMILES string of the molecule is CCOC(=O)c1ccc(NC2(CO)O[C@H](CO)[C@@H](O)[C@@H]2O)cc1. The molecule has 128 valence electrons. The zero-order valence-electron chi connectivity index (χ0n) is 12.7. The highest BCUT2D eigenvalue weighted by Gasteiger charge is 2.54. The number of carbonyl (C=O) groups excluding carboxylic acids is 1. The van der Waals surface area contributed by atoms with E-state index >= 15 is 0 Å². The van der Waals surface area contributed by atoms with Gasteiger partial charge >= 0.3 is 5.97 Å². The van der Waals surface area contributed by atoms with Crippen LogP contribution >= 0.6 is 0 Å². The number of aliphatic hydroxyl groups is 4. The standard InChI is InChI=1S/C15H21NO7/c1-2-22-14(21)9-3-5-10(6-4-9)16-15(8-18)13(20)12(19)11(7-17)23-15/h3-6,11-13,16-20H,2,7-8H2,1H3/t11-,12-,13+,15?/m1/s1. The van der Waals surface area contributed by atoms with Gasteiger partial charge in [-0.05, 0) is 31.2 Å². The second-order valence-electron chi connectivity index (χ2n) is 5.24. The molecule has 1 aromatic carbocycles. The quantitative estimate of drug-likeness (QED) is 0.424.